The second-order valence-corrected chi connectivity index (χ2v) is 6.00. The lowest BCUT2D eigenvalue weighted by Crippen LogP contribution is -2.44. The minimum atomic E-state index is -4.38. The smallest absolute Gasteiger partial charge is 0.380 e. The normalized spacial score (nSPS) is 13.3. The Balaban J connectivity index is 3.08. The largest absolute Gasteiger partial charge is 0.416 e. The van der Waals surface area contributed by atoms with Crippen molar-refractivity contribution in [2.45, 2.75) is 58.5 Å². The van der Waals surface area contributed by atoms with Gasteiger partial charge in [-0.15, -0.1) is 0 Å². The van der Waals surface area contributed by atoms with Crippen molar-refractivity contribution >= 4 is 10.5 Å². The Kier molecular flexibility index (Phi) is 6.60. The Hall–Kier alpha value is -0.893. The molecule has 126 valence electrons. The summed E-state index contributed by atoms with van der Waals surface area (Å²) in [4.78, 5) is 0. The van der Waals surface area contributed by atoms with Gasteiger partial charge in [-0.1, -0.05) is 18.2 Å². The predicted octanol–water partition coefficient (Wildman–Crippen LogP) is 3.05. The van der Waals surface area contributed by atoms with Gasteiger partial charge in [-0.25, -0.2) is 0 Å². The van der Waals surface area contributed by atoms with Crippen LogP contribution in [-0.4, -0.2) is 28.7 Å². The lowest BCUT2D eigenvalue weighted by atomic mass is 10.1. The number of benzene rings is 1. The molecule has 1 aromatic rings. The third kappa shape index (κ3) is 5.72. The van der Waals surface area contributed by atoms with E-state index in [1.807, 2.05) is 27.7 Å². The van der Waals surface area contributed by atoms with Gasteiger partial charge >= 0.3 is 6.18 Å². The van der Waals surface area contributed by atoms with E-state index < -0.39 is 17.7 Å². The van der Waals surface area contributed by atoms with Crippen LogP contribution in [0.4, 0.5) is 13.2 Å². The van der Waals surface area contributed by atoms with Gasteiger partial charge in [0.2, 0.25) is 0 Å². The summed E-state index contributed by atoms with van der Waals surface area (Å²) in [5.74, 6) is -1.35. The van der Waals surface area contributed by atoms with Crippen LogP contribution in [0.1, 0.15) is 38.8 Å². The van der Waals surface area contributed by atoms with Crippen molar-refractivity contribution in [2.24, 2.45) is 0 Å². The van der Waals surface area contributed by atoms with E-state index in [1.165, 1.54) is 6.07 Å². The fourth-order valence-electron chi connectivity index (χ4n) is 2.11. The number of alkyl halides is 3. The predicted molar refractivity (Wildman–Crippen MR) is 81.3 cm³/mol. The maximum absolute atomic E-state index is 12.8. The standard InChI is InChI=1S/C15H23F3O3Si/c1-10(2)19-14(21-22,20-11(3)4)9-12-6-5-7-13(8-12)15(16,17)18/h5-8,10-11H,9H2,1-4,22H3. The first-order chi connectivity index (χ1) is 10.1. The molecule has 3 nitrogen and oxygen atoms in total. The summed E-state index contributed by atoms with van der Waals surface area (Å²) in [5.41, 5.74) is -0.242. The summed E-state index contributed by atoms with van der Waals surface area (Å²) in [7, 11) is 0.335. The van der Waals surface area contributed by atoms with Crippen LogP contribution in [0.15, 0.2) is 24.3 Å². The van der Waals surface area contributed by atoms with E-state index in [9.17, 15) is 13.2 Å². The van der Waals surface area contributed by atoms with Crippen molar-refractivity contribution in [1.29, 1.82) is 0 Å². The molecule has 1 aromatic carbocycles. The van der Waals surface area contributed by atoms with E-state index in [2.05, 4.69) is 0 Å². The maximum atomic E-state index is 12.8. The van der Waals surface area contributed by atoms with E-state index in [0.29, 0.717) is 16.0 Å². The molecule has 0 amide bonds. The second-order valence-electron chi connectivity index (χ2n) is 5.60. The molecule has 0 aliphatic carbocycles. The van der Waals surface area contributed by atoms with Crippen LogP contribution in [0.25, 0.3) is 0 Å². The van der Waals surface area contributed by atoms with E-state index in [1.54, 1.807) is 6.07 Å². The Bertz CT molecular complexity index is 465. The van der Waals surface area contributed by atoms with Crippen LogP contribution in [0.2, 0.25) is 0 Å². The second kappa shape index (κ2) is 7.59. The molecule has 0 N–H and O–H groups in total. The lowest BCUT2D eigenvalue weighted by molar-refractivity contribution is -0.365. The first-order valence-corrected chi connectivity index (χ1v) is 7.96. The summed E-state index contributed by atoms with van der Waals surface area (Å²) < 4.78 is 55.4. The summed E-state index contributed by atoms with van der Waals surface area (Å²) in [6.07, 6.45) is -4.65. The van der Waals surface area contributed by atoms with Crippen molar-refractivity contribution in [3.8, 4) is 0 Å². The van der Waals surface area contributed by atoms with Gasteiger partial charge in [0.05, 0.1) is 24.2 Å². The molecule has 0 heterocycles. The zero-order valence-electron chi connectivity index (χ0n) is 13.5. The molecule has 0 aliphatic rings. The SMILES string of the molecule is CC(C)OC(Cc1cccc(C(F)(F)F)c1)(O[SiH3])OC(C)C. The monoisotopic (exact) mass is 336 g/mol. The zero-order chi connectivity index (χ0) is 17.0. The van der Waals surface area contributed by atoms with E-state index in [4.69, 9.17) is 13.9 Å². The van der Waals surface area contributed by atoms with Gasteiger partial charge < -0.3 is 13.9 Å². The molecule has 1 rings (SSSR count). The molecule has 0 aliphatic heterocycles. The quantitative estimate of drug-likeness (QED) is 0.566. The molecular weight excluding hydrogens is 313 g/mol. The number of ether oxygens (including phenoxy) is 2. The van der Waals surface area contributed by atoms with Crippen LogP contribution >= 0.6 is 0 Å². The Labute approximate surface area is 132 Å². The van der Waals surface area contributed by atoms with Gasteiger partial charge in [0.25, 0.3) is 5.97 Å². The number of rotatable bonds is 7. The van der Waals surface area contributed by atoms with Crippen molar-refractivity contribution < 1.29 is 27.1 Å². The van der Waals surface area contributed by atoms with Gasteiger partial charge in [-0.05, 0) is 39.3 Å². The Morgan fingerprint density at radius 3 is 2.00 bits per heavy atom. The van der Waals surface area contributed by atoms with E-state index >= 15 is 0 Å². The molecule has 0 radical (unpaired) electrons. The summed E-state index contributed by atoms with van der Waals surface area (Å²) in [6.45, 7) is 7.30. The summed E-state index contributed by atoms with van der Waals surface area (Å²) in [6, 6.07) is 5.13. The van der Waals surface area contributed by atoms with Gasteiger partial charge in [0.1, 0.15) is 0 Å². The number of hydrogen-bond acceptors (Lipinski definition) is 3. The Morgan fingerprint density at radius 2 is 1.59 bits per heavy atom. The third-order valence-electron chi connectivity index (χ3n) is 2.82. The van der Waals surface area contributed by atoms with Crippen LogP contribution in [0.3, 0.4) is 0 Å². The lowest BCUT2D eigenvalue weighted by Gasteiger charge is -2.36. The average Bonchev–Trinajstić information content (AvgIpc) is 2.36. The van der Waals surface area contributed by atoms with Crippen molar-refractivity contribution in [3.63, 3.8) is 0 Å². The highest BCUT2D eigenvalue weighted by Gasteiger charge is 2.36. The number of halogens is 3. The van der Waals surface area contributed by atoms with Crippen LogP contribution in [-0.2, 0) is 26.5 Å². The van der Waals surface area contributed by atoms with Gasteiger partial charge in [-0.2, -0.15) is 13.2 Å². The Morgan fingerprint density at radius 1 is 1.05 bits per heavy atom. The molecule has 0 fully saturated rings. The fourth-order valence-corrected chi connectivity index (χ4v) is 2.44. The van der Waals surface area contributed by atoms with Crippen LogP contribution < -0.4 is 0 Å². The molecule has 0 aromatic heterocycles. The van der Waals surface area contributed by atoms with Crippen molar-refractivity contribution in [3.05, 3.63) is 35.4 Å². The molecular formula is C15H23F3O3Si. The first kappa shape index (κ1) is 19.2. The highest BCUT2D eigenvalue weighted by atomic mass is 28.2. The van der Waals surface area contributed by atoms with Gasteiger partial charge in [-0.3, -0.25) is 0 Å². The number of hydrogen-bond donors (Lipinski definition) is 0. The molecule has 0 spiro atoms. The minimum Gasteiger partial charge on any atom is -0.380 e. The summed E-state index contributed by atoms with van der Waals surface area (Å²) >= 11 is 0. The van der Waals surface area contributed by atoms with Crippen molar-refractivity contribution in [1.82, 2.24) is 0 Å². The first-order valence-electron chi connectivity index (χ1n) is 7.15. The molecule has 22 heavy (non-hydrogen) atoms. The van der Waals surface area contributed by atoms with E-state index in [-0.39, 0.29) is 18.6 Å². The molecule has 0 unspecified atom stereocenters. The third-order valence-corrected chi connectivity index (χ3v) is 3.44. The average molecular weight is 336 g/mol. The maximum Gasteiger partial charge on any atom is 0.416 e. The van der Waals surface area contributed by atoms with Crippen LogP contribution in [0.5, 0.6) is 0 Å². The molecule has 7 heteroatoms. The van der Waals surface area contributed by atoms with Gasteiger partial charge in [0.15, 0.2) is 10.5 Å². The highest BCUT2D eigenvalue weighted by molar-refractivity contribution is 5.98. The topological polar surface area (TPSA) is 27.7 Å². The van der Waals surface area contributed by atoms with E-state index in [0.717, 1.165) is 12.1 Å². The zero-order valence-corrected chi connectivity index (χ0v) is 15.5. The molecule has 0 bridgehead atoms. The minimum absolute atomic E-state index is 0.0940. The molecule has 0 atom stereocenters. The van der Waals surface area contributed by atoms with Gasteiger partial charge in [0, 0.05) is 0 Å². The molecule has 0 saturated carbocycles. The highest BCUT2D eigenvalue weighted by Crippen LogP contribution is 2.31. The van der Waals surface area contributed by atoms with Crippen LogP contribution in [0, 0.1) is 0 Å². The fraction of sp³-hybridized carbons (Fsp3) is 0.600. The summed E-state index contributed by atoms with van der Waals surface area (Å²) in [5, 5.41) is 0. The van der Waals surface area contributed by atoms with Crippen molar-refractivity contribution in [2.75, 3.05) is 0 Å². The molecule has 0 saturated heterocycles.